The first-order valence-corrected chi connectivity index (χ1v) is 4.88. The first-order valence-electron chi connectivity index (χ1n) is 4.00. The molecule has 0 bridgehead atoms. The van der Waals surface area contributed by atoms with E-state index in [0.717, 1.165) is 10.2 Å². The third-order valence-corrected chi connectivity index (χ3v) is 2.50. The number of thiazole rings is 1. The summed E-state index contributed by atoms with van der Waals surface area (Å²) in [5, 5.41) is 9.50. The molecular weight excluding hydrogens is 186 g/mol. The lowest BCUT2D eigenvalue weighted by molar-refractivity contribution is 0.319. The van der Waals surface area contributed by atoms with Crippen LogP contribution in [-0.4, -0.2) is 16.7 Å². The molecule has 0 aliphatic carbocycles. The Bertz CT molecular complexity index is 424. The highest BCUT2D eigenvalue weighted by molar-refractivity contribution is 7.16. The Morgan fingerprint density at radius 3 is 3.15 bits per heavy atom. The molecule has 2 aromatic rings. The number of fused-ring (bicyclic) bond motifs is 1. The van der Waals surface area contributed by atoms with Crippen LogP contribution in [-0.2, 0) is 0 Å². The molecule has 0 unspecified atom stereocenters. The normalized spacial score (nSPS) is 10.5. The highest BCUT2D eigenvalue weighted by Crippen LogP contribution is 2.32. The van der Waals surface area contributed by atoms with Crippen LogP contribution in [0.1, 0.15) is 6.92 Å². The summed E-state index contributed by atoms with van der Waals surface area (Å²) in [5.41, 5.74) is 2.56. The van der Waals surface area contributed by atoms with Gasteiger partial charge in [0.05, 0.1) is 22.3 Å². The number of phenolic OH excluding ortho intramolecular Hbond substituents is 1. The van der Waals surface area contributed by atoms with Crippen molar-refractivity contribution in [3.8, 4) is 11.5 Å². The van der Waals surface area contributed by atoms with Crippen LogP contribution >= 0.6 is 11.3 Å². The molecule has 0 aliphatic rings. The summed E-state index contributed by atoms with van der Waals surface area (Å²) in [6.07, 6.45) is 0. The Kier molecular flexibility index (Phi) is 2.06. The van der Waals surface area contributed by atoms with Crippen LogP contribution in [0.2, 0.25) is 0 Å². The van der Waals surface area contributed by atoms with Gasteiger partial charge < -0.3 is 9.84 Å². The number of rotatable bonds is 2. The van der Waals surface area contributed by atoms with E-state index >= 15 is 0 Å². The van der Waals surface area contributed by atoms with Gasteiger partial charge >= 0.3 is 0 Å². The molecule has 1 N–H and O–H groups in total. The molecule has 68 valence electrons. The molecule has 0 spiro atoms. The van der Waals surface area contributed by atoms with Gasteiger partial charge in [-0.25, -0.2) is 4.98 Å². The Morgan fingerprint density at radius 2 is 2.38 bits per heavy atom. The third-order valence-electron chi connectivity index (χ3n) is 1.71. The van der Waals surface area contributed by atoms with Gasteiger partial charge in [0.2, 0.25) is 0 Å². The summed E-state index contributed by atoms with van der Waals surface area (Å²) in [4.78, 5) is 4.08. The van der Waals surface area contributed by atoms with Gasteiger partial charge in [0.15, 0.2) is 11.5 Å². The van der Waals surface area contributed by atoms with Gasteiger partial charge in [-0.2, -0.15) is 0 Å². The topological polar surface area (TPSA) is 42.4 Å². The predicted molar refractivity (Wildman–Crippen MR) is 52.5 cm³/mol. The fourth-order valence-electron chi connectivity index (χ4n) is 1.15. The van der Waals surface area contributed by atoms with E-state index in [9.17, 15) is 5.11 Å². The molecule has 0 amide bonds. The Labute approximate surface area is 79.6 Å². The molecule has 0 atom stereocenters. The molecule has 0 radical (unpaired) electrons. The van der Waals surface area contributed by atoms with Gasteiger partial charge in [-0.3, -0.25) is 0 Å². The SMILES string of the molecule is CCOc1cc2scnc2cc1O. The number of phenols is 1. The standard InChI is InChI=1S/C9H9NO2S/c1-2-12-8-4-9-6(3-7(8)11)10-5-13-9/h3-5,11H,2H2,1H3. The van der Waals surface area contributed by atoms with Crippen molar-refractivity contribution in [3.05, 3.63) is 17.6 Å². The molecule has 0 saturated heterocycles. The minimum absolute atomic E-state index is 0.153. The van der Waals surface area contributed by atoms with E-state index in [4.69, 9.17) is 4.74 Å². The molecule has 1 aromatic carbocycles. The average molecular weight is 195 g/mol. The zero-order valence-corrected chi connectivity index (χ0v) is 7.97. The Morgan fingerprint density at radius 1 is 1.54 bits per heavy atom. The van der Waals surface area contributed by atoms with E-state index in [2.05, 4.69) is 4.98 Å². The van der Waals surface area contributed by atoms with E-state index < -0.39 is 0 Å². The lowest BCUT2D eigenvalue weighted by Gasteiger charge is -2.04. The van der Waals surface area contributed by atoms with Crippen LogP contribution in [0, 0.1) is 0 Å². The van der Waals surface area contributed by atoms with E-state index in [0.29, 0.717) is 12.4 Å². The number of aromatic nitrogens is 1. The molecule has 13 heavy (non-hydrogen) atoms. The minimum Gasteiger partial charge on any atom is -0.504 e. The number of benzene rings is 1. The molecule has 2 rings (SSSR count). The quantitative estimate of drug-likeness (QED) is 0.800. The zero-order chi connectivity index (χ0) is 9.26. The lowest BCUT2D eigenvalue weighted by Crippen LogP contribution is -1.91. The Hall–Kier alpha value is -1.29. The van der Waals surface area contributed by atoms with Gasteiger partial charge in [0, 0.05) is 12.1 Å². The first kappa shape index (κ1) is 8.31. The van der Waals surface area contributed by atoms with E-state index in [-0.39, 0.29) is 5.75 Å². The zero-order valence-electron chi connectivity index (χ0n) is 7.15. The maximum absolute atomic E-state index is 9.50. The van der Waals surface area contributed by atoms with Crippen molar-refractivity contribution < 1.29 is 9.84 Å². The number of hydrogen-bond donors (Lipinski definition) is 1. The van der Waals surface area contributed by atoms with E-state index in [1.165, 1.54) is 11.3 Å². The highest BCUT2D eigenvalue weighted by Gasteiger charge is 2.05. The number of aromatic hydroxyl groups is 1. The summed E-state index contributed by atoms with van der Waals surface area (Å²) < 4.78 is 6.27. The fourth-order valence-corrected chi connectivity index (χ4v) is 1.83. The van der Waals surface area contributed by atoms with Crippen LogP contribution in [0.15, 0.2) is 17.6 Å². The van der Waals surface area contributed by atoms with Gasteiger partial charge in [0.25, 0.3) is 0 Å². The summed E-state index contributed by atoms with van der Waals surface area (Å²) in [7, 11) is 0. The minimum atomic E-state index is 0.153. The van der Waals surface area contributed by atoms with Crippen molar-refractivity contribution in [1.29, 1.82) is 0 Å². The van der Waals surface area contributed by atoms with Crippen LogP contribution in [0.25, 0.3) is 10.2 Å². The molecule has 0 fully saturated rings. The number of hydrogen-bond acceptors (Lipinski definition) is 4. The molecule has 1 aromatic heterocycles. The Balaban J connectivity index is 2.56. The molecule has 1 heterocycles. The van der Waals surface area contributed by atoms with Crippen LogP contribution < -0.4 is 4.74 Å². The van der Waals surface area contributed by atoms with Gasteiger partial charge in [0.1, 0.15) is 0 Å². The number of ether oxygens (including phenoxy) is 1. The molecular formula is C9H9NO2S. The van der Waals surface area contributed by atoms with Crippen molar-refractivity contribution in [2.45, 2.75) is 6.92 Å². The summed E-state index contributed by atoms with van der Waals surface area (Å²) >= 11 is 1.53. The van der Waals surface area contributed by atoms with Crippen LogP contribution in [0.4, 0.5) is 0 Å². The summed E-state index contributed by atoms with van der Waals surface area (Å²) in [6, 6.07) is 3.43. The first-order chi connectivity index (χ1) is 6.31. The largest absolute Gasteiger partial charge is 0.504 e. The van der Waals surface area contributed by atoms with Gasteiger partial charge in [-0.15, -0.1) is 11.3 Å². The van der Waals surface area contributed by atoms with Crippen molar-refractivity contribution in [2.75, 3.05) is 6.61 Å². The van der Waals surface area contributed by atoms with Crippen molar-refractivity contribution in [1.82, 2.24) is 4.98 Å². The second-order valence-corrected chi connectivity index (χ2v) is 3.46. The third kappa shape index (κ3) is 1.45. The van der Waals surface area contributed by atoms with Gasteiger partial charge in [-0.1, -0.05) is 0 Å². The van der Waals surface area contributed by atoms with Gasteiger partial charge in [-0.05, 0) is 6.92 Å². The molecule has 0 saturated carbocycles. The van der Waals surface area contributed by atoms with E-state index in [1.807, 2.05) is 13.0 Å². The maximum Gasteiger partial charge on any atom is 0.162 e. The van der Waals surface area contributed by atoms with E-state index in [1.54, 1.807) is 11.6 Å². The molecule has 4 heteroatoms. The monoisotopic (exact) mass is 195 g/mol. The maximum atomic E-state index is 9.50. The molecule has 0 aliphatic heterocycles. The van der Waals surface area contributed by atoms with Crippen LogP contribution in [0.3, 0.4) is 0 Å². The van der Waals surface area contributed by atoms with Crippen LogP contribution in [0.5, 0.6) is 11.5 Å². The fraction of sp³-hybridized carbons (Fsp3) is 0.222. The molecule has 3 nitrogen and oxygen atoms in total. The summed E-state index contributed by atoms with van der Waals surface area (Å²) in [5.74, 6) is 0.680. The second kappa shape index (κ2) is 3.22. The number of nitrogens with zero attached hydrogens (tertiary/aromatic N) is 1. The van der Waals surface area contributed by atoms with Crippen molar-refractivity contribution >= 4 is 21.6 Å². The second-order valence-electron chi connectivity index (χ2n) is 2.57. The average Bonchev–Trinajstić information content (AvgIpc) is 2.52. The highest BCUT2D eigenvalue weighted by atomic mass is 32.1. The summed E-state index contributed by atoms with van der Waals surface area (Å²) in [6.45, 7) is 2.44. The predicted octanol–water partition coefficient (Wildman–Crippen LogP) is 2.40. The lowest BCUT2D eigenvalue weighted by atomic mass is 10.3. The smallest absolute Gasteiger partial charge is 0.162 e. The van der Waals surface area contributed by atoms with Crippen molar-refractivity contribution in [3.63, 3.8) is 0 Å². The van der Waals surface area contributed by atoms with Crippen molar-refractivity contribution in [2.24, 2.45) is 0 Å².